The molecule has 0 aromatic heterocycles. The van der Waals surface area contributed by atoms with Crippen LogP contribution in [-0.4, -0.2) is 50.0 Å². The Labute approximate surface area is 104 Å². The van der Waals surface area contributed by atoms with Crippen molar-refractivity contribution in [3.05, 3.63) is 0 Å². The molecule has 0 rings (SSSR count). The molecule has 0 aromatic rings. The Morgan fingerprint density at radius 3 is 2.53 bits per heavy atom. The Morgan fingerprint density at radius 2 is 2.00 bits per heavy atom. The summed E-state index contributed by atoms with van der Waals surface area (Å²) in [5, 5.41) is 15.3. The Kier molecular flexibility index (Phi) is 9.03. The fourth-order valence-electron chi connectivity index (χ4n) is 1.60. The molecule has 0 aromatic carbocycles. The second-order valence-electron chi connectivity index (χ2n) is 4.84. The maximum absolute atomic E-state index is 11.4. The van der Waals surface area contributed by atoms with Crippen molar-refractivity contribution in [2.45, 2.75) is 39.3 Å². The van der Waals surface area contributed by atoms with Gasteiger partial charge in [0.05, 0.1) is 19.3 Å². The van der Waals surface area contributed by atoms with Gasteiger partial charge in [-0.05, 0) is 19.3 Å². The Balaban J connectivity index is 3.57. The summed E-state index contributed by atoms with van der Waals surface area (Å²) in [4.78, 5) is 11.4. The molecule has 102 valence electrons. The van der Waals surface area contributed by atoms with Crippen LogP contribution in [0.3, 0.4) is 0 Å². The molecule has 0 saturated heterocycles. The third-order valence-electron chi connectivity index (χ3n) is 2.23. The highest BCUT2D eigenvalue weighted by molar-refractivity contribution is 5.78. The molecule has 0 fully saturated rings. The van der Waals surface area contributed by atoms with Crippen LogP contribution in [0.1, 0.15) is 27.2 Å². The quantitative estimate of drug-likeness (QED) is 0.541. The van der Waals surface area contributed by atoms with Gasteiger partial charge in [-0.2, -0.15) is 0 Å². The highest BCUT2D eigenvalue weighted by atomic mass is 16.5. The number of carbonyl (C=O) groups excluding carboxylic acids is 1. The first-order valence-corrected chi connectivity index (χ1v) is 6.12. The van der Waals surface area contributed by atoms with Gasteiger partial charge in [0.25, 0.3) is 0 Å². The lowest BCUT2D eigenvalue weighted by molar-refractivity contribution is -0.121. The zero-order chi connectivity index (χ0) is 13.3. The smallest absolute Gasteiger partial charge is 0.234 e. The van der Waals surface area contributed by atoms with Gasteiger partial charge in [0.2, 0.25) is 5.91 Å². The molecule has 0 saturated carbocycles. The van der Waals surface area contributed by atoms with Gasteiger partial charge < -0.3 is 20.5 Å². The Morgan fingerprint density at radius 1 is 1.35 bits per heavy atom. The van der Waals surface area contributed by atoms with Crippen molar-refractivity contribution in [1.82, 2.24) is 10.6 Å². The topological polar surface area (TPSA) is 70.6 Å². The van der Waals surface area contributed by atoms with Crippen LogP contribution in [0.5, 0.6) is 0 Å². The van der Waals surface area contributed by atoms with Crippen LogP contribution < -0.4 is 10.6 Å². The normalized spacial score (nSPS) is 14.7. The van der Waals surface area contributed by atoms with Gasteiger partial charge in [0.1, 0.15) is 0 Å². The summed E-state index contributed by atoms with van der Waals surface area (Å²) in [6, 6.07) is 0.00916. The first-order valence-electron chi connectivity index (χ1n) is 6.12. The number of nitrogens with one attached hydrogen (secondary N) is 2. The standard InChI is InChI=1S/C12H26N2O3/c1-9(2)5-11(15)6-13-7-12(16)14-10(3)8-17-4/h9-11,13,15H,5-8H2,1-4H3,(H,14,16). The molecule has 2 atom stereocenters. The van der Waals surface area contributed by atoms with Crippen molar-refractivity contribution >= 4 is 5.91 Å². The van der Waals surface area contributed by atoms with E-state index in [0.29, 0.717) is 19.1 Å². The molecule has 0 radical (unpaired) electrons. The Bertz CT molecular complexity index is 210. The number of aliphatic hydroxyl groups excluding tert-OH is 1. The summed E-state index contributed by atoms with van der Waals surface area (Å²) in [7, 11) is 1.60. The summed E-state index contributed by atoms with van der Waals surface area (Å²) in [5.41, 5.74) is 0. The van der Waals surface area contributed by atoms with E-state index in [-0.39, 0.29) is 24.6 Å². The summed E-state index contributed by atoms with van der Waals surface area (Å²) in [6.45, 7) is 7.18. The van der Waals surface area contributed by atoms with E-state index >= 15 is 0 Å². The molecule has 0 bridgehead atoms. The van der Waals surface area contributed by atoms with Gasteiger partial charge in [-0.1, -0.05) is 13.8 Å². The third kappa shape index (κ3) is 10.2. The first-order chi connectivity index (χ1) is 7.95. The maximum Gasteiger partial charge on any atom is 0.234 e. The van der Waals surface area contributed by atoms with Gasteiger partial charge in [-0.3, -0.25) is 4.79 Å². The zero-order valence-electron chi connectivity index (χ0n) is 11.3. The first kappa shape index (κ1) is 16.4. The molecule has 0 aliphatic rings. The lowest BCUT2D eigenvalue weighted by Gasteiger charge is -2.15. The molecule has 0 heterocycles. The van der Waals surface area contributed by atoms with Gasteiger partial charge in [-0.25, -0.2) is 0 Å². The number of ether oxygens (including phenoxy) is 1. The van der Waals surface area contributed by atoms with E-state index < -0.39 is 0 Å². The minimum atomic E-state index is -0.390. The average molecular weight is 246 g/mol. The van der Waals surface area contributed by atoms with E-state index in [4.69, 9.17) is 4.74 Å². The molecule has 5 heteroatoms. The van der Waals surface area contributed by atoms with E-state index in [9.17, 15) is 9.90 Å². The van der Waals surface area contributed by atoms with Crippen LogP contribution in [0.25, 0.3) is 0 Å². The summed E-state index contributed by atoms with van der Waals surface area (Å²) in [5.74, 6) is 0.383. The second kappa shape index (κ2) is 9.39. The fraction of sp³-hybridized carbons (Fsp3) is 0.917. The van der Waals surface area contributed by atoms with Gasteiger partial charge in [-0.15, -0.1) is 0 Å². The van der Waals surface area contributed by atoms with Crippen molar-refractivity contribution in [3.8, 4) is 0 Å². The molecule has 1 amide bonds. The van der Waals surface area contributed by atoms with Crippen molar-refractivity contribution < 1.29 is 14.6 Å². The predicted octanol–water partition coefficient (Wildman–Crippen LogP) is 0.134. The summed E-state index contributed by atoms with van der Waals surface area (Å²) in [6.07, 6.45) is 0.355. The highest BCUT2D eigenvalue weighted by Crippen LogP contribution is 2.02. The van der Waals surface area contributed by atoms with Crippen molar-refractivity contribution in [3.63, 3.8) is 0 Å². The number of aliphatic hydroxyl groups is 1. The van der Waals surface area contributed by atoms with E-state index in [2.05, 4.69) is 24.5 Å². The lowest BCUT2D eigenvalue weighted by atomic mass is 10.1. The van der Waals surface area contributed by atoms with Crippen LogP contribution in [0.15, 0.2) is 0 Å². The number of methoxy groups -OCH3 is 1. The third-order valence-corrected chi connectivity index (χ3v) is 2.23. The summed E-state index contributed by atoms with van der Waals surface area (Å²) < 4.78 is 4.92. The molecule has 3 N–H and O–H groups in total. The largest absolute Gasteiger partial charge is 0.392 e. The van der Waals surface area contributed by atoms with Crippen LogP contribution in [0.4, 0.5) is 0 Å². The van der Waals surface area contributed by atoms with Gasteiger partial charge in [0, 0.05) is 19.7 Å². The van der Waals surface area contributed by atoms with E-state index in [1.165, 1.54) is 0 Å². The van der Waals surface area contributed by atoms with E-state index in [1.807, 2.05) is 6.92 Å². The number of hydrogen-bond donors (Lipinski definition) is 3. The number of rotatable bonds is 9. The molecule has 0 aliphatic heterocycles. The highest BCUT2D eigenvalue weighted by Gasteiger charge is 2.09. The maximum atomic E-state index is 11.4. The molecule has 2 unspecified atom stereocenters. The van der Waals surface area contributed by atoms with Crippen LogP contribution >= 0.6 is 0 Å². The van der Waals surface area contributed by atoms with Crippen molar-refractivity contribution in [2.24, 2.45) is 5.92 Å². The van der Waals surface area contributed by atoms with Crippen molar-refractivity contribution in [2.75, 3.05) is 26.8 Å². The Hall–Kier alpha value is -0.650. The summed E-state index contributed by atoms with van der Waals surface area (Å²) >= 11 is 0. The van der Waals surface area contributed by atoms with Crippen LogP contribution in [0.2, 0.25) is 0 Å². The molecular weight excluding hydrogens is 220 g/mol. The SMILES string of the molecule is COCC(C)NC(=O)CNCC(O)CC(C)C. The minimum Gasteiger partial charge on any atom is -0.392 e. The average Bonchev–Trinajstić information content (AvgIpc) is 2.16. The molecule has 0 spiro atoms. The number of amides is 1. The molecule has 5 nitrogen and oxygen atoms in total. The molecular formula is C12H26N2O3. The van der Waals surface area contributed by atoms with Crippen LogP contribution in [0, 0.1) is 5.92 Å². The van der Waals surface area contributed by atoms with Gasteiger partial charge in [0.15, 0.2) is 0 Å². The van der Waals surface area contributed by atoms with E-state index in [1.54, 1.807) is 7.11 Å². The number of hydrogen-bond acceptors (Lipinski definition) is 4. The fourth-order valence-corrected chi connectivity index (χ4v) is 1.60. The van der Waals surface area contributed by atoms with Crippen LogP contribution in [-0.2, 0) is 9.53 Å². The van der Waals surface area contributed by atoms with E-state index in [0.717, 1.165) is 6.42 Å². The predicted molar refractivity (Wildman–Crippen MR) is 67.8 cm³/mol. The monoisotopic (exact) mass is 246 g/mol. The minimum absolute atomic E-state index is 0.00916. The lowest BCUT2D eigenvalue weighted by Crippen LogP contribution is -2.42. The van der Waals surface area contributed by atoms with Gasteiger partial charge >= 0.3 is 0 Å². The zero-order valence-corrected chi connectivity index (χ0v) is 11.3. The second-order valence-corrected chi connectivity index (χ2v) is 4.84. The molecule has 17 heavy (non-hydrogen) atoms. The number of carbonyl (C=O) groups is 1. The molecule has 0 aliphatic carbocycles. The van der Waals surface area contributed by atoms with Crippen molar-refractivity contribution in [1.29, 1.82) is 0 Å².